The zero-order valence-corrected chi connectivity index (χ0v) is 9.93. The van der Waals surface area contributed by atoms with Crippen molar-refractivity contribution in [3.8, 4) is 0 Å². The van der Waals surface area contributed by atoms with Gasteiger partial charge in [0.25, 0.3) is 0 Å². The molecular formula is C12H14ClN3. The van der Waals surface area contributed by atoms with E-state index >= 15 is 0 Å². The summed E-state index contributed by atoms with van der Waals surface area (Å²) in [5.41, 5.74) is 2.23. The Bertz CT molecular complexity index is 526. The van der Waals surface area contributed by atoms with Gasteiger partial charge in [0.1, 0.15) is 5.15 Å². The zero-order valence-electron chi connectivity index (χ0n) is 9.18. The summed E-state index contributed by atoms with van der Waals surface area (Å²) in [5, 5.41) is 12.3. The second-order valence-corrected chi connectivity index (χ2v) is 4.98. The Kier molecular flexibility index (Phi) is 2.19. The molecule has 1 aromatic heterocycles. The normalized spacial score (nSPS) is 25.4. The number of aromatic amines is 1. The Morgan fingerprint density at radius 1 is 1.44 bits per heavy atom. The van der Waals surface area contributed by atoms with Crippen molar-refractivity contribution in [3.05, 3.63) is 28.9 Å². The van der Waals surface area contributed by atoms with Crippen LogP contribution in [-0.4, -0.2) is 16.7 Å². The van der Waals surface area contributed by atoms with Gasteiger partial charge in [-0.2, -0.15) is 5.10 Å². The highest BCUT2D eigenvalue weighted by Gasteiger charge is 2.32. The molecule has 1 fully saturated rings. The summed E-state index contributed by atoms with van der Waals surface area (Å²) >= 11 is 6.17. The number of nitrogens with zero attached hydrogens (tertiary/aromatic N) is 1. The first-order valence-electron chi connectivity index (χ1n) is 5.59. The van der Waals surface area contributed by atoms with Crippen LogP contribution < -0.4 is 5.32 Å². The quantitative estimate of drug-likeness (QED) is 0.798. The standard InChI is InChI=1S/C12H14ClN3/c1-12(6-3-7-14-12)8-4-2-5-9-10(8)11(13)16-15-9/h2,4-5,14H,3,6-7H2,1H3,(H,15,16). The van der Waals surface area contributed by atoms with Gasteiger partial charge < -0.3 is 5.32 Å². The van der Waals surface area contributed by atoms with E-state index in [1.807, 2.05) is 12.1 Å². The van der Waals surface area contributed by atoms with Crippen molar-refractivity contribution in [2.75, 3.05) is 6.54 Å². The fourth-order valence-electron chi connectivity index (χ4n) is 2.61. The van der Waals surface area contributed by atoms with Crippen molar-refractivity contribution in [1.29, 1.82) is 0 Å². The second-order valence-electron chi connectivity index (χ2n) is 4.60. The van der Waals surface area contributed by atoms with Gasteiger partial charge in [-0.3, -0.25) is 5.10 Å². The maximum absolute atomic E-state index is 6.17. The number of benzene rings is 1. The number of hydrogen-bond donors (Lipinski definition) is 2. The Morgan fingerprint density at radius 2 is 2.31 bits per heavy atom. The molecule has 0 spiro atoms. The topological polar surface area (TPSA) is 40.7 Å². The number of H-pyrrole nitrogens is 1. The lowest BCUT2D eigenvalue weighted by molar-refractivity contribution is 0.438. The molecule has 1 aliphatic rings. The molecule has 0 amide bonds. The predicted molar refractivity (Wildman–Crippen MR) is 65.7 cm³/mol. The zero-order chi connectivity index (χ0) is 11.2. The minimum atomic E-state index is 0.0347. The summed E-state index contributed by atoms with van der Waals surface area (Å²) in [6.07, 6.45) is 2.36. The molecule has 2 heterocycles. The van der Waals surface area contributed by atoms with Crippen LogP contribution in [0, 0.1) is 0 Å². The first kappa shape index (κ1) is 10.1. The van der Waals surface area contributed by atoms with E-state index < -0.39 is 0 Å². The van der Waals surface area contributed by atoms with Crippen LogP contribution in [0.2, 0.25) is 5.15 Å². The van der Waals surface area contributed by atoms with Gasteiger partial charge in [-0.15, -0.1) is 0 Å². The summed E-state index contributed by atoms with van der Waals surface area (Å²) < 4.78 is 0. The van der Waals surface area contributed by atoms with Gasteiger partial charge >= 0.3 is 0 Å². The highest BCUT2D eigenvalue weighted by atomic mass is 35.5. The lowest BCUT2D eigenvalue weighted by Gasteiger charge is -2.25. The van der Waals surface area contributed by atoms with Crippen molar-refractivity contribution >= 4 is 22.5 Å². The fourth-order valence-corrected chi connectivity index (χ4v) is 2.85. The van der Waals surface area contributed by atoms with Crippen LogP contribution in [0.25, 0.3) is 10.9 Å². The van der Waals surface area contributed by atoms with E-state index in [2.05, 4.69) is 28.5 Å². The van der Waals surface area contributed by atoms with Crippen LogP contribution in [0.15, 0.2) is 18.2 Å². The van der Waals surface area contributed by atoms with E-state index in [4.69, 9.17) is 11.6 Å². The van der Waals surface area contributed by atoms with Gasteiger partial charge in [0, 0.05) is 10.9 Å². The van der Waals surface area contributed by atoms with Crippen molar-refractivity contribution < 1.29 is 0 Å². The summed E-state index contributed by atoms with van der Waals surface area (Å²) in [6, 6.07) is 6.17. The first-order chi connectivity index (χ1) is 7.71. The Balaban J connectivity index is 2.26. The molecule has 4 heteroatoms. The molecule has 0 aliphatic carbocycles. The average molecular weight is 236 g/mol. The van der Waals surface area contributed by atoms with E-state index in [0.29, 0.717) is 5.15 Å². The third kappa shape index (κ3) is 1.35. The van der Waals surface area contributed by atoms with Crippen molar-refractivity contribution in [2.45, 2.75) is 25.3 Å². The molecule has 2 N–H and O–H groups in total. The van der Waals surface area contributed by atoms with Crippen molar-refractivity contribution in [3.63, 3.8) is 0 Å². The van der Waals surface area contributed by atoms with Crippen LogP contribution in [0.1, 0.15) is 25.3 Å². The fraction of sp³-hybridized carbons (Fsp3) is 0.417. The van der Waals surface area contributed by atoms with Gasteiger partial charge in [-0.05, 0) is 37.9 Å². The minimum absolute atomic E-state index is 0.0347. The lowest BCUT2D eigenvalue weighted by atomic mass is 9.88. The summed E-state index contributed by atoms with van der Waals surface area (Å²) in [4.78, 5) is 0. The molecule has 3 nitrogen and oxygen atoms in total. The molecule has 3 rings (SSSR count). The predicted octanol–water partition coefficient (Wildman–Crippen LogP) is 2.81. The molecule has 16 heavy (non-hydrogen) atoms. The Labute approximate surface area is 99.2 Å². The number of rotatable bonds is 1. The second kappa shape index (κ2) is 3.47. The van der Waals surface area contributed by atoms with E-state index in [1.165, 1.54) is 12.0 Å². The number of hydrogen-bond acceptors (Lipinski definition) is 2. The summed E-state index contributed by atoms with van der Waals surface area (Å²) in [5.74, 6) is 0. The monoisotopic (exact) mass is 235 g/mol. The van der Waals surface area contributed by atoms with E-state index in [0.717, 1.165) is 23.9 Å². The molecule has 1 aromatic carbocycles. The lowest BCUT2D eigenvalue weighted by Crippen LogP contribution is -2.33. The molecule has 0 radical (unpaired) electrons. The van der Waals surface area contributed by atoms with E-state index in [9.17, 15) is 0 Å². The van der Waals surface area contributed by atoms with Crippen LogP contribution in [0.4, 0.5) is 0 Å². The van der Waals surface area contributed by atoms with Crippen LogP contribution >= 0.6 is 11.6 Å². The highest BCUT2D eigenvalue weighted by Crippen LogP contribution is 2.36. The van der Waals surface area contributed by atoms with Crippen molar-refractivity contribution in [2.24, 2.45) is 0 Å². The van der Waals surface area contributed by atoms with Crippen LogP contribution in [0.5, 0.6) is 0 Å². The van der Waals surface area contributed by atoms with Crippen LogP contribution in [-0.2, 0) is 5.54 Å². The maximum atomic E-state index is 6.17. The number of aromatic nitrogens is 2. The largest absolute Gasteiger partial charge is 0.308 e. The molecule has 1 atom stereocenters. The average Bonchev–Trinajstić information content (AvgIpc) is 2.87. The molecule has 0 saturated carbocycles. The third-order valence-corrected chi connectivity index (χ3v) is 3.77. The Hall–Kier alpha value is -1.06. The molecule has 84 valence electrons. The molecule has 0 bridgehead atoms. The van der Waals surface area contributed by atoms with Crippen LogP contribution in [0.3, 0.4) is 0 Å². The highest BCUT2D eigenvalue weighted by molar-refractivity contribution is 6.34. The minimum Gasteiger partial charge on any atom is -0.308 e. The summed E-state index contributed by atoms with van der Waals surface area (Å²) in [6.45, 7) is 3.31. The summed E-state index contributed by atoms with van der Waals surface area (Å²) in [7, 11) is 0. The molecule has 1 aliphatic heterocycles. The molecular weight excluding hydrogens is 222 g/mol. The molecule has 1 saturated heterocycles. The SMILES string of the molecule is CC1(c2cccc3n[nH]c(Cl)c23)CCCN1. The third-order valence-electron chi connectivity index (χ3n) is 3.50. The number of fused-ring (bicyclic) bond motifs is 1. The number of nitrogens with one attached hydrogen (secondary N) is 2. The number of halogens is 1. The maximum Gasteiger partial charge on any atom is 0.132 e. The van der Waals surface area contributed by atoms with Crippen molar-refractivity contribution in [1.82, 2.24) is 15.5 Å². The Morgan fingerprint density at radius 3 is 3.06 bits per heavy atom. The van der Waals surface area contributed by atoms with Gasteiger partial charge in [0.05, 0.1) is 5.52 Å². The van der Waals surface area contributed by atoms with Gasteiger partial charge in [-0.25, -0.2) is 0 Å². The van der Waals surface area contributed by atoms with E-state index in [1.54, 1.807) is 0 Å². The van der Waals surface area contributed by atoms with Gasteiger partial charge in [0.2, 0.25) is 0 Å². The molecule has 2 aromatic rings. The smallest absolute Gasteiger partial charge is 0.132 e. The van der Waals surface area contributed by atoms with E-state index in [-0.39, 0.29) is 5.54 Å². The molecule has 1 unspecified atom stereocenters. The van der Waals surface area contributed by atoms with Gasteiger partial charge in [0.15, 0.2) is 0 Å². The first-order valence-corrected chi connectivity index (χ1v) is 5.97. The van der Waals surface area contributed by atoms with Gasteiger partial charge in [-0.1, -0.05) is 23.7 Å².